The number of nitrogens with zero attached hydrogens (tertiary/aromatic N) is 2. The molecule has 3 rings (SSSR count). The third kappa shape index (κ3) is 3.56. The Morgan fingerprint density at radius 3 is 2.57 bits per heavy atom. The summed E-state index contributed by atoms with van der Waals surface area (Å²) in [6.07, 6.45) is 8.69. The molecule has 1 saturated carbocycles. The molecule has 1 aromatic heterocycles. The van der Waals surface area contributed by atoms with Crippen LogP contribution in [0.15, 0.2) is 24.5 Å². The van der Waals surface area contributed by atoms with Gasteiger partial charge in [0, 0.05) is 44.1 Å². The van der Waals surface area contributed by atoms with Crippen molar-refractivity contribution in [1.29, 1.82) is 0 Å². The highest BCUT2D eigenvalue weighted by atomic mass is 16.5. The van der Waals surface area contributed by atoms with E-state index in [0.717, 1.165) is 31.2 Å². The molecule has 0 radical (unpaired) electrons. The molecule has 23 heavy (non-hydrogen) atoms. The molecule has 0 aromatic carbocycles. The quantitative estimate of drug-likeness (QED) is 0.927. The summed E-state index contributed by atoms with van der Waals surface area (Å²) in [7, 11) is 1.75. The van der Waals surface area contributed by atoms with Crippen molar-refractivity contribution in [2.45, 2.75) is 50.2 Å². The third-order valence-electron chi connectivity index (χ3n) is 5.46. The van der Waals surface area contributed by atoms with Gasteiger partial charge in [-0.3, -0.25) is 9.78 Å². The molecule has 2 aliphatic rings. The van der Waals surface area contributed by atoms with Crippen LogP contribution in [0.5, 0.6) is 0 Å². The first-order valence-electron chi connectivity index (χ1n) is 8.57. The van der Waals surface area contributed by atoms with Gasteiger partial charge in [-0.15, -0.1) is 0 Å². The number of likely N-dealkylation sites (tertiary alicyclic amines) is 1. The lowest BCUT2D eigenvalue weighted by atomic mass is 9.83. The fraction of sp³-hybridized carbons (Fsp3) is 0.667. The molecule has 2 fully saturated rings. The number of ether oxygens (including phenoxy) is 1. The van der Waals surface area contributed by atoms with E-state index in [-0.39, 0.29) is 11.8 Å². The van der Waals surface area contributed by atoms with Crippen LogP contribution >= 0.6 is 0 Å². The number of amides is 1. The number of rotatable bonds is 3. The van der Waals surface area contributed by atoms with E-state index in [0.29, 0.717) is 32.0 Å². The number of hydrogen-bond donors (Lipinski definition) is 1. The summed E-state index contributed by atoms with van der Waals surface area (Å²) >= 11 is 0. The summed E-state index contributed by atoms with van der Waals surface area (Å²) in [6.45, 7) is 1.24. The minimum Gasteiger partial charge on any atom is -0.385 e. The lowest BCUT2D eigenvalue weighted by Crippen LogP contribution is -2.47. The Hall–Kier alpha value is -1.46. The summed E-state index contributed by atoms with van der Waals surface area (Å²) < 4.78 is 5.38. The van der Waals surface area contributed by atoms with Gasteiger partial charge < -0.3 is 14.7 Å². The first-order valence-corrected chi connectivity index (χ1v) is 8.57. The highest BCUT2D eigenvalue weighted by Crippen LogP contribution is 2.34. The van der Waals surface area contributed by atoms with E-state index >= 15 is 0 Å². The standard InChI is InChI=1S/C18H26N2O3/c1-23-16-6-4-14(5-7-16)17(21)20-11-8-18(22,9-12-20)15-3-2-10-19-13-15/h2-3,10,13-14,16,22H,4-9,11-12H2,1H3. The molecule has 1 aliphatic heterocycles. The van der Waals surface area contributed by atoms with Gasteiger partial charge in [-0.1, -0.05) is 6.07 Å². The van der Waals surface area contributed by atoms with Crippen molar-refractivity contribution < 1.29 is 14.6 Å². The van der Waals surface area contributed by atoms with Crippen molar-refractivity contribution in [3.8, 4) is 0 Å². The number of pyridine rings is 1. The van der Waals surface area contributed by atoms with Crippen LogP contribution in [0.3, 0.4) is 0 Å². The van der Waals surface area contributed by atoms with E-state index in [2.05, 4.69) is 4.98 Å². The van der Waals surface area contributed by atoms with Gasteiger partial charge in [-0.25, -0.2) is 0 Å². The summed E-state index contributed by atoms with van der Waals surface area (Å²) in [5.74, 6) is 0.388. The lowest BCUT2D eigenvalue weighted by Gasteiger charge is -2.40. The largest absolute Gasteiger partial charge is 0.385 e. The van der Waals surface area contributed by atoms with Crippen LogP contribution in [-0.4, -0.2) is 47.2 Å². The second-order valence-electron chi connectivity index (χ2n) is 6.81. The third-order valence-corrected chi connectivity index (χ3v) is 5.46. The van der Waals surface area contributed by atoms with E-state index < -0.39 is 5.60 Å². The van der Waals surface area contributed by atoms with Crippen LogP contribution in [0, 0.1) is 5.92 Å². The maximum absolute atomic E-state index is 12.7. The SMILES string of the molecule is COC1CCC(C(=O)N2CCC(O)(c3cccnc3)CC2)CC1. The van der Waals surface area contributed by atoms with Gasteiger partial charge in [0.1, 0.15) is 0 Å². The van der Waals surface area contributed by atoms with Gasteiger partial charge in [-0.05, 0) is 44.6 Å². The Morgan fingerprint density at radius 1 is 1.30 bits per heavy atom. The van der Waals surface area contributed by atoms with Gasteiger partial charge in [0.2, 0.25) is 5.91 Å². The summed E-state index contributed by atoms with van der Waals surface area (Å²) in [4.78, 5) is 18.7. The number of aromatic nitrogens is 1. The van der Waals surface area contributed by atoms with Crippen LogP contribution in [-0.2, 0) is 15.1 Å². The monoisotopic (exact) mass is 318 g/mol. The van der Waals surface area contributed by atoms with E-state index in [1.54, 1.807) is 19.5 Å². The van der Waals surface area contributed by atoms with E-state index in [4.69, 9.17) is 4.74 Å². The smallest absolute Gasteiger partial charge is 0.225 e. The minimum atomic E-state index is -0.848. The van der Waals surface area contributed by atoms with Crippen molar-refractivity contribution in [3.63, 3.8) is 0 Å². The molecular formula is C18H26N2O3. The number of carbonyl (C=O) groups is 1. The van der Waals surface area contributed by atoms with Crippen LogP contribution in [0.25, 0.3) is 0 Å². The average Bonchev–Trinajstić information content (AvgIpc) is 2.63. The van der Waals surface area contributed by atoms with Crippen LogP contribution in [0.1, 0.15) is 44.1 Å². The van der Waals surface area contributed by atoms with Gasteiger partial charge in [-0.2, -0.15) is 0 Å². The fourth-order valence-corrected chi connectivity index (χ4v) is 3.83. The lowest BCUT2D eigenvalue weighted by molar-refractivity contribution is -0.142. The molecule has 5 heteroatoms. The molecular weight excluding hydrogens is 292 g/mol. The Labute approximate surface area is 137 Å². The molecule has 1 saturated heterocycles. The Balaban J connectivity index is 1.56. The predicted molar refractivity (Wildman–Crippen MR) is 86.7 cm³/mol. The Morgan fingerprint density at radius 2 is 2.00 bits per heavy atom. The molecule has 126 valence electrons. The summed E-state index contributed by atoms with van der Waals surface area (Å²) in [6, 6.07) is 3.76. The summed E-state index contributed by atoms with van der Waals surface area (Å²) in [5, 5.41) is 10.8. The Bertz CT molecular complexity index is 518. The number of hydrogen-bond acceptors (Lipinski definition) is 4. The summed E-state index contributed by atoms with van der Waals surface area (Å²) in [5.41, 5.74) is 0.00589. The molecule has 0 bridgehead atoms. The van der Waals surface area contributed by atoms with Crippen molar-refractivity contribution in [1.82, 2.24) is 9.88 Å². The number of piperidine rings is 1. The topological polar surface area (TPSA) is 62.7 Å². The number of aliphatic hydroxyl groups is 1. The zero-order chi connectivity index (χ0) is 16.3. The van der Waals surface area contributed by atoms with E-state index in [9.17, 15) is 9.90 Å². The second-order valence-corrected chi connectivity index (χ2v) is 6.81. The molecule has 0 spiro atoms. The Kier molecular flexibility index (Phi) is 4.97. The van der Waals surface area contributed by atoms with Gasteiger partial charge in [0.05, 0.1) is 11.7 Å². The van der Waals surface area contributed by atoms with Gasteiger partial charge in [0.25, 0.3) is 0 Å². The number of methoxy groups -OCH3 is 1. The van der Waals surface area contributed by atoms with Crippen LogP contribution in [0.2, 0.25) is 0 Å². The molecule has 0 atom stereocenters. The highest BCUT2D eigenvalue weighted by Gasteiger charge is 2.37. The fourth-order valence-electron chi connectivity index (χ4n) is 3.83. The second kappa shape index (κ2) is 6.97. The van der Waals surface area contributed by atoms with Crippen molar-refractivity contribution >= 4 is 5.91 Å². The van der Waals surface area contributed by atoms with Crippen molar-refractivity contribution in [3.05, 3.63) is 30.1 Å². The van der Waals surface area contributed by atoms with Crippen molar-refractivity contribution in [2.75, 3.05) is 20.2 Å². The van der Waals surface area contributed by atoms with E-state index in [1.807, 2.05) is 17.0 Å². The molecule has 1 aromatic rings. The van der Waals surface area contributed by atoms with E-state index in [1.165, 1.54) is 0 Å². The first kappa shape index (κ1) is 16.4. The molecule has 1 aliphatic carbocycles. The normalized spacial score (nSPS) is 27.7. The minimum absolute atomic E-state index is 0.131. The average molecular weight is 318 g/mol. The highest BCUT2D eigenvalue weighted by molar-refractivity contribution is 5.79. The van der Waals surface area contributed by atoms with Gasteiger partial charge >= 0.3 is 0 Å². The zero-order valence-electron chi connectivity index (χ0n) is 13.8. The van der Waals surface area contributed by atoms with Crippen LogP contribution in [0.4, 0.5) is 0 Å². The first-order chi connectivity index (χ1) is 11.1. The molecule has 2 heterocycles. The maximum Gasteiger partial charge on any atom is 0.225 e. The van der Waals surface area contributed by atoms with Crippen molar-refractivity contribution in [2.24, 2.45) is 5.92 Å². The molecule has 1 amide bonds. The van der Waals surface area contributed by atoms with Gasteiger partial charge in [0.15, 0.2) is 0 Å². The zero-order valence-corrected chi connectivity index (χ0v) is 13.8. The predicted octanol–water partition coefficient (Wildman–Crippen LogP) is 2.10. The maximum atomic E-state index is 12.7. The molecule has 5 nitrogen and oxygen atoms in total. The number of carbonyl (C=O) groups excluding carboxylic acids is 1. The van der Waals surface area contributed by atoms with Crippen LogP contribution < -0.4 is 0 Å². The molecule has 1 N–H and O–H groups in total. The molecule has 0 unspecified atom stereocenters.